The molecule has 0 spiro atoms. The van der Waals surface area contributed by atoms with Gasteiger partial charge in [0.1, 0.15) is 6.10 Å². The topological polar surface area (TPSA) is 44.8 Å². The second kappa shape index (κ2) is 5.92. The molecule has 2 saturated heterocycles. The summed E-state index contributed by atoms with van der Waals surface area (Å²) < 4.78 is 0. The van der Waals surface area contributed by atoms with Gasteiger partial charge in [-0.05, 0) is 38.4 Å². The quantitative estimate of drug-likeness (QED) is 0.801. The summed E-state index contributed by atoms with van der Waals surface area (Å²) in [6.07, 6.45) is 7.55. The van der Waals surface area contributed by atoms with Crippen LogP contribution in [-0.2, 0) is 9.63 Å². The molecule has 1 atom stereocenters. The summed E-state index contributed by atoms with van der Waals surface area (Å²) in [6.45, 7) is 5.16. The fourth-order valence-electron chi connectivity index (χ4n) is 3.07. The number of likely N-dealkylation sites (tertiary alicyclic amines) is 2. The van der Waals surface area contributed by atoms with Gasteiger partial charge < -0.3 is 9.80 Å². The van der Waals surface area contributed by atoms with Gasteiger partial charge >= 0.3 is 0 Å². The number of rotatable bonds is 5. The third-order valence-electron chi connectivity index (χ3n) is 4.20. The van der Waals surface area contributed by atoms with Gasteiger partial charge in [0.2, 0.25) is 5.91 Å². The van der Waals surface area contributed by atoms with Crippen LogP contribution in [0.3, 0.4) is 0 Å². The fourth-order valence-corrected chi connectivity index (χ4v) is 3.07. The van der Waals surface area contributed by atoms with Crippen LogP contribution in [0.5, 0.6) is 0 Å². The van der Waals surface area contributed by atoms with Crippen molar-refractivity contribution in [2.75, 3.05) is 32.7 Å². The maximum atomic E-state index is 11.6. The minimum atomic E-state index is 0.0237. The molecule has 1 amide bonds. The van der Waals surface area contributed by atoms with Crippen molar-refractivity contribution in [3.63, 3.8) is 0 Å². The van der Waals surface area contributed by atoms with Crippen molar-refractivity contribution in [3.05, 3.63) is 11.8 Å². The Morgan fingerprint density at radius 3 is 2.84 bits per heavy atom. The van der Waals surface area contributed by atoms with E-state index in [1.165, 1.54) is 31.6 Å². The molecule has 19 heavy (non-hydrogen) atoms. The highest BCUT2D eigenvalue weighted by Gasteiger charge is 2.26. The number of nitrogens with zero attached hydrogens (tertiary/aromatic N) is 2. The summed E-state index contributed by atoms with van der Waals surface area (Å²) >= 11 is 0. The monoisotopic (exact) mass is 265 g/mol. The van der Waals surface area contributed by atoms with E-state index in [0.717, 1.165) is 25.9 Å². The Kier molecular flexibility index (Phi) is 4.03. The Labute approximate surface area is 114 Å². The summed E-state index contributed by atoms with van der Waals surface area (Å²) in [4.78, 5) is 21.5. The van der Waals surface area contributed by atoms with Crippen LogP contribution in [0.25, 0.3) is 0 Å². The maximum absolute atomic E-state index is 11.6. The molecule has 0 aliphatic carbocycles. The first-order valence-electron chi connectivity index (χ1n) is 7.44. The largest absolute Gasteiger partial charge is 0.340 e. The van der Waals surface area contributed by atoms with Gasteiger partial charge in [-0.25, -0.2) is 0 Å². The van der Waals surface area contributed by atoms with Crippen molar-refractivity contribution in [1.82, 2.24) is 15.3 Å². The van der Waals surface area contributed by atoms with Crippen LogP contribution in [0.4, 0.5) is 0 Å². The number of hydrogen-bond acceptors (Lipinski definition) is 4. The van der Waals surface area contributed by atoms with Crippen molar-refractivity contribution in [1.29, 1.82) is 0 Å². The standard InChI is InChI=1S/C14H23N3O2/c18-14-4-3-8-17(14)11-13-10-12(15-19-13)5-9-16-6-1-2-7-16/h10,13,15H,1-9,11H2. The molecule has 0 aromatic heterocycles. The minimum absolute atomic E-state index is 0.0237. The third kappa shape index (κ3) is 3.28. The van der Waals surface area contributed by atoms with Crippen LogP contribution < -0.4 is 5.48 Å². The third-order valence-corrected chi connectivity index (χ3v) is 4.20. The van der Waals surface area contributed by atoms with E-state index in [4.69, 9.17) is 4.84 Å². The van der Waals surface area contributed by atoms with E-state index in [1.54, 1.807) is 0 Å². The molecule has 3 aliphatic heterocycles. The van der Waals surface area contributed by atoms with Crippen LogP contribution in [0.15, 0.2) is 11.8 Å². The normalized spacial score (nSPS) is 28.0. The molecule has 106 valence electrons. The molecule has 0 aromatic carbocycles. The van der Waals surface area contributed by atoms with Gasteiger partial charge in [-0.1, -0.05) is 0 Å². The average Bonchev–Trinajstić information content (AvgIpc) is 3.12. The van der Waals surface area contributed by atoms with Gasteiger partial charge in [0, 0.05) is 31.6 Å². The Balaban J connectivity index is 1.43. The van der Waals surface area contributed by atoms with Crippen LogP contribution in [-0.4, -0.2) is 54.5 Å². The lowest BCUT2D eigenvalue weighted by Gasteiger charge is -2.17. The van der Waals surface area contributed by atoms with E-state index in [0.29, 0.717) is 13.0 Å². The first-order chi connectivity index (χ1) is 9.31. The highest BCUT2D eigenvalue weighted by Crippen LogP contribution is 2.17. The predicted octanol–water partition coefficient (Wildman–Crippen LogP) is 0.882. The van der Waals surface area contributed by atoms with Gasteiger partial charge in [0.25, 0.3) is 0 Å². The van der Waals surface area contributed by atoms with Crippen LogP contribution in [0.1, 0.15) is 32.1 Å². The minimum Gasteiger partial charge on any atom is -0.340 e. The van der Waals surface area contributed by atoms with Crippen molar-refractivity contribution in [2.24, 2.45) is 0 Å². The van der Waals surface area contributed by atoms with Crippen molar-refractivity contribution >= 4 is 5.91 Å². The molecular weight excluding hydrogens is 242 g/mol. The van der Waals surface area contributed by atoms with E-state index in [-0.39, 0.29) is 12.0 Å². The smallest absolute Gasteiger partial charge is 0.222 e. The molecule has 3 heterocycles. The Morgan fingerprint density at radius 1 is 1.26 bits per heavy atom. The van der Waals surface area contributed by atoms with Crippen LogP contribution >= 0.6 is 0 Å². The Bertz CT molecular complexity index is 364. The highest BCUT2D eigenvalue weighted by molar-refractivity contribution is 5.78. The number of carbonyl (C=O) groups excluding carboxylic acids is 1. The fraction of sp³-hybridized carbons (Fsp3) is 0.786. The molecule has 2 fully saturated rings. The molecule has 0 bridgehead atoms. The molecular formula is C14H23N3O2. The number of hydroxylamine groups is 1. The molecule has 1 N–H and O–H groups in total. The number of nitrogens with one attached hydrogen (secondary N) is 1. The SMILES string of the molecule is O=C1CCCN1CC1C=C(CCN2CCCC2)NO1. The summed E-state index contributed by atoms with van der Waals surface area (Å²) in [5, 5.41) is 0. The molecule has 0 radical (unpaired) electrons. The van der Waals surface area contributed by atoms with E-state index in [2.05, 4.69) is 16.5 Å². The zero-order valence-corrected chi connectivity index (χ0v) is 11.4. The lowest BCUT2D eigenvalue weighted by molar-refractivity contribution is -0.129. The van der Waals surface area contributed by atoms with Crippen molar-refractivity contribution < 1.29 is 9.63 Å². The maximum Gasteiger partial charge on any atom is 0.222 e. The van der Waals surface area contributed by atoms with Crippen LogP contribution in [0.2, 0.25) is 0 Å². The lowest BCUT2D eigenvalue weighted by atomic mass is 10.2. The van der Waals surface area contributed by atoms with E-state index in [9.17, 15) is 4.79 Å². The number of carbonyl (C=O) groups is 1. The van der Waals surface area contributed by atoms with Crippen molar-refractivity contribution in [3.8, 4) is 0 Å². The first kappa shape index (κ1) is 12.9. The van der Waals surface area contributed by atoms with Crippen LogP contribution in [0, 0.1) is 0 Å². The molecule has 3 rings (SSSR count). The number of hydrogen-bond donors (Lipinski definition) is 1. The molecule has 5 nitrogen and oxygen atoms in total. The molecule has 3 aliphatic rings. The van der Waals surface area contributed by atoms with Gasteiger partial charge in [-0.15, -0.1) is 0 Å². The summed E-state index contributed by atoms with van der Waals surface area (Å²) in [5.41, 5.74) is 4.19. The Hall–Kier alpha value is -1.07. The Morgan fingerprint density at radius 2 is 2.11 bits per heavy atom. The number of amides is 1. The zero-order chi connectivity index (χ0) is 13.1. The van der Waals surface area contributed by atoms with Crippen molar-refractivity contribution in [2.45, 2.75) is 38.2 Å². The van der Waals surface area contributed by atoms with E-state index < -0.39 is 0 Å². The summed E-state index contributed by atoms with van der Waals surface area (Å²) in [5.74, 6) is 0.266. The average molecular weight is 265 g/mol. The zero-order valence-electron chi connectivity index (χ0n) is 11.4. The van der Waals surface area contributed by atoms with Gasteiger partial charge in [0.15, 0.2) is 0 Å². The second-order valence-electron chi connectivity index (χ2n) is 5.69. The molecule has 0 aromatic rings. The molecule has 0 saturated carbocycles. The van der Waals surface area contributed by atoms with E-state index in [1.807, 2.05) is 4.90 Å². The van der Waals surface area contributed by atoms with Gasteiger partial charge in [-0.2, -0.15) is 0 Å². The van der Waals surface area contributed by atoms with Gasteiger partial charge in [-0.3, -0.25) is 15.1 Å². The molecule has 5 heteroatoms. The predicted molar refractivity (Wildman–Crippen MR) is 72.2 cm³/mol. The highest BCUT2D eigenvalue weighted by atomic mass is 16.7. The lowest BCUT2D eigenvalue weighted by Crippen LogP contribution is -2.33. The second-order valence-corrected chi connectivity index (χ2v) is 5.69. The summed E-state index contributed by atoms with van der Waals surface area (Å²) in [7, 11) is 0. The summed E-state index contributed by atoms with van der Waals surface area (Å²) in [6, 6.07) is 0. The first-order valence-corrected chi connectivity index (χ1v) is 7.44. The van der Waals surface area contributed by atoms with Gasteiger partial charge in [0.05, 0.1) is 6.54 Å². The van der Waals surface area contributed by atoms with E-state index >= 15 is 0 Å². The molecule has 1 unspecified atom stereocenters.